The number of para-hydroxylation sites is 1. The normalized spacial score (nSPS) is 38.5. The number of ether oxygens (including phenoxy) is 2. The lowest BCUT2D eigenvalue weighted by molar-refractivity contribution is -0.169. The summed E-state index contributed by atoms with van der Waals surface area (Å²) in [4.78, 5) is 33.7. The second kappa shape index (κ2) is 8.41. The molecule has 37 heavy (non-hydrogen) atoms. The van der Waals surface area contributed by atoms with Crippen molar-refractivity contribution in [2.45, 2.75) is 56.5 Å². The van der Waals surface area contributed by atoms with Gasteiger partial charge in [-0.25, -0.2) is 9.86 Å². The number of benzene rings is 2. The first-order valence-corrected chi connectivity index (χ1v) is 13.5. The maximum absolute atomic E-state index is 13.8. The quantitative estimate of drug-likeness (QED) is 0.526. The SMILES string of the molecule is COc1ccc(C2C[C@@]3(ON2c2ccccc2)C(=O)O[C@@H]2[C@H]3CC[C@H](C)[C@]3(O)C=CC(=O)[C@@]23C)cc1Br. The van der Waals surface area contributed by atoms with E-state index >= 15 is 0 Å². The molecule has 0 aromatic heterocycles. The molecule has 2 aromatic carbocycles. The Kier molecular flexibility index (Phi) is 5.60. The second-order valence-corrected chi connectivity index (χ2v) is 11.7. The molecular weight excluding hydrogens is 538 g/mol. The number of hydroxylamine groups is 1. The molecule has 3 fully saturated rings. The number of methoxy groups -OCH3 is 1. The lowest BCUT2D eigenvalue weighted by Crippen LogP contribution is -2.57. The van der Waals surface area contributed by atoms with Gasteiger partial charge in [-0.1, -0.05) is 31.2 Å². The first kappa shape index (κ1) is 24.6. The van der Waals surface area contributed by atoms with Crippen LogP contribution in [0.15, 0.2) is 65.2 Å². The number of fused-ring (bicyclic) bond motifs is 4. The van der Waals surface area contributed by atoms with E-state index in [1.54, 1.807) is 25.2 Å². The zero-order valence-electron chi connectivity index (χ0n) is 21.0. The number of hydrogen-bond acceptors (Lipinski definition) is 7. The van der Waals surface area contributed by atoms with Crippen molar-refractivity contribution in [3.05, 3.63) is 70.7 Å². The molecule has 2 heterocycles. The van der Waals surface area contributed by atoms with E-state index in [-0.39, 0.29) is 17.7 Å². The summed E-state index contributed by atoms with van der Waals surface area (Å²) in [7, 11) is 1.62. The number of aliphatic hydroxyl groups is 1. The number of esters is 1. The summed E-state index contributed by atoms with van der Waals surface area (Å²) in [5.41, 5.74) is -2.17. The summed E-state index contributed by atoms with van der Waals surface area (Å²) < 4.78 is 12.3. The van der Waals surface area contributed by atoms with Crippen LogP contribution in [0.25, 0.3) is 0 Å². The monoisotopic (exact) mass is 567 g/mol. The first-order valence-electron chi connectivity index (χ1n) is 12.7. The van der Waals surface area contributed by atoms with Crippen molar-refractivity contribution in [1.82, 2.24) is 0 Å². The molecule has 7 atom stereocenters. The highest BCUT2D eigenvalue weighted by Gasteiger charge is 2.74. The number of allylic oxidation sites excluding steroid dienone is 1. The van der Waals surface area contributed by atoms with Gasteiger partial charge in [0.15, 0.2) is 5.78 Å². The van der Waals surface area contributed by atoms with Crippen molar-refractivity contribution < 1.29 is 29.0 Å². The van der Waals surface area contributed by atoms with Crippen LogP contribution in [0.2, 0.25) is 0 Å². The standard InChI is InChI=1S/C29H30BrNO6/c1-17-9-11-20-25(27(2)24(32)13-14-29(17,27)34)36-26(33)28(20)16-22(18-10-12-23(35-3)21(30)15-18)31(37-28)19-7-5-4-6-8-19/h4-8,10,12-15,17,20,22,25,34H,9,11,16H2,1-3H3/t17-,20+,22?,25+,27-,28-,29+/m0/s1. The third kappa shape index (κ3) is 3.25. The Bertz CT molecular complexity index is 1300. The van der Waals surface area contributed by atoms with Crippen LogP contribution in [0.1, 0.15) is 44.7 Å². The van der Waals surface area contributed by atoms with Gasteiger partial charge >= 0.3 is 5.97 Å². The highest BCUT2D eigenvalue weighted by atomic mass is 79.9. The van der Waals surface area contributed by atoms with Gasteiger partial charge < -0.3 is 14.6 Å². The minimum atomic E-state index is -1.38. The molecule has 0 radical (unpaired) electrons. The van der Waals surface area contributed by atoms with Crippen LogP contribution in [0.5, 0.6) is 5.75 Å². The predicted molar refractivity (Wildman–Crippen MR) is 140 cm³/mol. The molecule has 1 N–H and O–H groups in total. The molecular formula is C29H30BrNO6. The third-order valence-corrected chi connectivity index (χ3v) is 9.84. The maximum atomic E-state index is 13.8. The Hall–Kier alpha value is -2.68. The number of carbonyl (C=O) groups is 2. The molecule has 2 aromatic rings. The van der Waals surface area contributed by atoms with Crippen LogP contribution in [-0.2, 0) is 19.2 Å². The Balaban J connectivity index is 1.46. The largest absolute Gasteiger partial charge is 0.496 e. The number of hydrogen-bond donors (Lipinski definition) is 1. The average molecular weight is 568 g/mol. The highest BCUT2D eigenvalue weighted by molar-refractivity contribution is 9.10. The van der Waals surface area contributed by atoms with E-state index < -0.39 is 34.6 Å². The van der Waals surface area contributed by atoms with E-state index in [9.17, 15) is 14.7 Å². The van der Waals surface area contributed by atoms with E-state index in [4.69, 9.17) is 14.3 Å². The van der Waals surface area contributed by atoms with Gasteiger partial charge in [0.1, 0.15) is 17.5 Å². The minimum absolute atomic E-state index is 0.179. The number of carbonyl (C=O) groups excluding carboxylic acids is 2. The minimum Gasteiger partial charge on any atom is -0.496 e. The number of halogens is 1. The molecule has 6 rings (SSSR count). The Morgan fingerprint density at radius 1 is 1.14 bits per heavy atom. The molecule has 2 aliphatic heterocycles. The third-order valence-electron chi connectivity index (χ3n) is 9.22. The Morgan fingerprint density at radius 2 is 1.89 bits per heavy atom. The first-order chi connectivity index (χ1) is 17.7. The molecule has 2 saturated heterocycles. The lowest BCUT2D eigenvalue weighted by atomic mass is 9.63. The van der Waals surface area contributed by atoms with E-state index in [0.717, 1.165) is 15.7 Å². The molecule has 0 amide bonds. The van der Waals surface area contributed by atoms with Crippen molar-refractivity contribution in [3.8, 4) is 5.75 Å². The fourth-order valence-electron chi connectivity index (χ4n) is 6.97. The highest BCUT2D eigenvalue weighted by Crippen LogP contribution is 2.61. The van der Waals surface area contributed by atoms with Crippen molar-refractivity contribution in [2.75, 3.05) is 12.2 Å². The number of rotatable bonds is 3. The van der Waals surface area contributed by atoms with Gasteiger partial charge in [0.2, 0.25) is 5.60 Å². The van der Waals surface area contributed by atoms with Gasteiger partial charge in [-0.15, -0.1) is 0 Å². The number of anilines is 1. The van der Waals surface area contributed by atoms with E-state index in [1.165, 1.54) is 6.08 Å². The van der Waals surface area contributed by atoms with Crippen LogP contribution in [0, 0.1) is 17.3 Å². The fourth-order valence-corrected chi connectivity index (χ4v) is 7.53. The van der Waals surface area contributed by atoms with Crippen LogP contribution >= 0.6 is 15.9 Å². The topological polar surface area (TPSA) is 85.3 Å². The fraction of sp³-hybridized carbons (Fsp3) is 0.448. The van der Waals surface area contributed by atoms with Crippen LogP contribution in [0.4, 0.5) is 5.69 Å². The predicted octanol–water partition coefficient (Wildman–Crippen LogP) is 4.93. The molecule has 4 aliphatic rings. The maximum Gasteiger partial charge on any atom is 0.342 e. The van der Waals surface area contributed by atoms with E-state index in [1.807, 2.05) is 55.5 Å². The average Bonchev–Trinajstić information content (AvgIpc) is 3.49. The molecule has 0 bridgehead atoms. The van der Waals surface area contributed by atoms with Gasteiger partial charge in [0, 0.05) is 12.3 Å². The smallest absolute Gasteiger partial charge is 0.342 e. The molecule has 1 saturated carbocycles. The molecule has 1 unspecified atom stereocenters. The lowest BCUT2D eigenvalue weighted by Gasteiger charge is -2.43. The van der Waals surface area contributed by atoms with Gasteiger partial charge in [-0.3, -0.25) is 9.63 Å². The Morgan fingerprint density at radius 3 is 2.59 bits per heavy atom. The summed E-state index contributed by atoms with van der Waals surface area (Å²) >= 11 is 3.59. The van der Waals surface area contributed by atoms with Gasteiger partial charge in [-0.05, 0) is 83.6 Å². The second-order valence-electron chi connectivity index (χ2n) is 10.9. The van der Waals surface area contributed by atoms with Gasteiger partial charge in [0.05, 0.1) is 28.7 Å². The number of nitrogens with zero attached hydrogens (tertiary/aromatic N) is 1. The van der Waals surface area contributed by atoms with E-state index in [0.29, 0.717) is 25.0 Å². The summed E-state index contributed by atoms with van der Waals surface area (Å²) in [6.45, 7) is 3.70. The van der Waals surface area contributed by atoms with Crippen molar-refractivity contribution in [2.24, 2.45) is 17.3 Å². The zero-order chi connectivity index (χ0) is 26.2. The molecule has 194 valence electrons. The Labute approximate surface area is 224 Å². The van der Waals surface area contributed by atoms with Gasteiger partial charge in [-0.2, -0.15) is 0 Å². The van der Waals surface area contributed by atoms with Crippen molar-refractivity contribution >= 4 is 33.4 Å². The van der Waals surface area contributed by atoms with Crippen LogP contribution in [0.3, 0.4) is 0 Å². The van der Waals surface area contributed by atoms with Crippen LogP contribution < -0.4 is 9.80 Å². The molecule has 8 heteroatoms. The molecule has 1 spiro atoms. The van der Waals surface area contributed by atoms with Crippen molar-refractivity contribution in [3.63, 3.8) is 0 Å². The summed E-state index contributed by atoms with van der Waals surface area (Å²) in [5, 5.41) is 13.5. The summed E-state index contributed by atoms with van der Waals surface area (Å²) in [5.74, 6) is -0.556. The molecule has 7 nitrogen and oxygen atoms in total. The number of ketones is 1. The van der Waals surface area contributed by atoms with Crippen LogP contribution in [-0.4, -0.2) is 41.3 Å². The van der Waals surface area contributed by atoms with Crippen molar-refractivity contribution in [1.29, 1.82) is 0 Å². The summed E-state index contributed by atoms with van der Waals surface area (Å²) in [6, 6.07) is 15.2. The zero-order valence-corrected chi connectivity index (χ0v) is 22.6. The molecule has 2 aliphatic carbocycles. The van der Waals surface area contributed by atoms with E-state index in [2.05, 4.69) is 15.9 Å². The summed E-state index contributed by atoms with van der Waals surface area (Å²) in [6.07, 6.45) is 3.84. The van der Waals surface area contributed by atoms with Gasteiger partial charge in [0.25, 0.3) is 0 Å².